The van der Waals surface area contributed by atoms with Gasteiger partial charge in [-0.1, -0.05) is 6.92 Å². The number of pyridine rings is 1. The Kier molecular flexibility index (Phi) is 6.20. The van der Waals surface area contributed by atoms with Crippen LogP contribution in [0, 0.1) is 0 Å². The molecule has 0 aliphatic rings. The second kappa shape index (κ2) is 7.42. The second-order valence-corrected chi connectivity index (χ2v) is 6.11. The number of likely N-dealkylation sites (N-methyl/N-ethyl adjacent to an activating group) is 1. The van der Waals surface area contributed by atoms with Crippen molar-refractivity contribution in [2.75, 3.05) is 39.2 Å². The van der Waals surface area contributed by atoms with Crippen molar-refractivity contribution >= 4 is 15.8 Å². The van der Waals surface area contributed by atoms with E-state index in [2.05, 4.69) is 10.3 Å². The van der Waals surface area contributed by atoms with Crippen molar-refractivity contribution in [2.24, 2.45) is 0 Å². The minimum atomic E-state index is -3.54. The number of methoxy groups -OCH3 is 1. The number of aromatic nitrogens is 1. The molecule has 0 fully saturated rings. The molecule has 0 saturated carbocycles. The molecular weight excluding hydrogens is 266 g/mol. The van der Waals surface area contributed by atoms with Crippen LogP contribution < -0.4 is 5.32 Å². The van der Waals surface area contributed by atoms with Gasteiger partial charge >= 0.3 is 0 Å². The van der Waals surface area contributed by atoms with Crippen LogP contribution in [0.4, 0.5) is 5.82 Å². The Bertz CT molecular complexity index is 491. The SMILES string of the molecule is CCCNc1ncccc1S(=O)(=O)N(C)CCOC. The number of hydrogen-bond donors (Lipinski definition) is 1. The van der Waals surface area contributed by atoms with Crippen LogP contribution >= 0.6 is 0 Å². The van der Waals surface area contributed by atoms with E-state index in [1.54, 1.807) is 25.4 Å². The van der Waals surface area contributed by atoms with Crippen molar-refractivity contribution in [3.8, 4) is 0 Å². The van der Waals surface area contributed by atoms with E-state index in [9.17, 15) is 8.42 Å². The summed E-state index contributed by atoms with van der Waals surface area (Å²) in [6.07, 6.45) is 2.47. The van der Waals surface area contributed by atoms with Crippen molar-refractivity contribution in [2.45, 2.75) is 18.2 Å². The Balaban J connectivity index is 3.00. The summed E-state index contributed by atoms with van der Waals surface area (Å²) >= 11 is 0. The summed E-state index contributed by atoms with van der Waals surface area (Å²) in [5.41, 5.74) is 0. The number of ether oxygens (including phenoxy) is 1. The van der Waals surface area contributed by atoms with Crippen LogP contribution in [-0.2, 0) is 14.8 Å². The van der Waals surface area contributed by atoms with E-state index in [0.717, 1.165) is 6.42 Å². The summed E-state index contributed by atoms with van der Waals surface area (Å²) in [6.45, 7) is 3.35. The number of rotatable bonds is 8. The van der Waals surface area contributed by atoms with E-state index in [4.69, 9.17) is 4.74 Å². The summed E-state index contributed by atoms with van der Waals surface area (Å²) < 4.78 is 31.0. The van der Waals surface area contributed by atoms with Crippen LogP contribution in [0.1, 0.15) is 13.3 Å². The molecule has 7 heteroatoms. The molecule has 1 rings (SSSR count). The fraction of sp³-hybridized carbons (Fsp3) is 0.583. The Morgan fingerprint density at radius 2 is 2.21 bits per heavy atom. The molecule has 1 aromatic heterocycles. The molecule has 0 bridgehead atoms. The van der Waals surface area contributed by atoms with E-state index in [0.29, 0.717) is 25.5 Å². The van der Waals surface area contributed by atoms with Gasteiger partial charge in [0.05, 0.1) is 6.61 Å². The molecule has 0 aromatic carbocycles. The van der Waals surface area contributed by atoms with Crippen molar-refractivity contribution in [3.05, 3.63) is 18.3 Å². The molecule has 19 heavy (non-hydrogen) atoms. The molecule has 0 radical (unpaired) electrons. The number of anilines is 1. The van der Waals surface area contributed by atoms with Gasteiger partial charge in [-0.3, -0.25) is 0 Å². The number of nitrogens with zero attached hydrogens (tertiary/aromatic N) is 2. The first-order valence-electron chi connectivity index (χ1n) is 6.18. The summed E-state index contributed by atoms with van der Waals surface area (Å²) in [4.78, 5) is 4.29. The summed E-state index contributed by atoms with van der Waals surface area (Å²) in [6, 6.07) is 3.18. The van der Waals surface area contributed by atoms with Crippen LogP contribution in [0.15, 0.2) is 23.2 Å². The molecule has 1 heterocycles. The zero-order chi connectivity index (χ0) is 14.3. The zero-order valence-corrected chi connectivity index (χ0v) is 12.4. The molecule has 1 N–H and O–H groups in total. The first-order chi connectivity index (χ1) is 9.04. The largest absolute Gasteiger partial charge is 0.383 e. The maximum absolute atomic E-state index is 12.4. The Hall–Kier alpha value is -1.18. The van der Waals surface area contributed by atoms with E-state index in [-0.39, 0.29) is 4.90 Å². The molecule has 0 amide bonds. The van der Waals surface area contributed by atoms with Gasteiger partial charge in [0, 0.05) is 33.4 Å². The van der Waals surface area contributed by atoms with Crippen molar-refractivity contribution in [1.29, 1.82) is 0 Å². The molecular formula is C12H21N3O3S. The number of hydrogen-bond acceptors (Lipinski definition) is 5. The van der Waals surface area contributed by atoms with Gasteiger partial charge in [0.2, 0.25) is 10.0 Å². The molecule has 0 aliphatic carbocycles. The average Bonchev–Trinajstić information content (AvgIpc) is 2.42. The monoisotopic (exact) mass is 287 g/mol. The summed E-state index contributed by atoms with van der Waals surface area (Å²) in [5.74, 6) is 0.397. The predicted octanol–water partition coefficient (Wildman–Crippen LogP) is 1.17. The third-order valence-corrected chi connectivity index (χ3v) is 4.50. The molecule has 0 saturated heterocycles. The highest BCUT2D eigenvalue weighted by Crippen LogP contribution is 2.21. The maximum Gasteiger partial charge on any atom is 0.246 e. The topological polar surface area (TPSA) is 71.5 Å². The zero-order valence-electron chi connectivity index (χ0n) is 11.6. The van der Waals surface area contributed by atoms with Gasteiger partial charge in [0.25, 0.3) is 0 Å². The molecule has 0 spiro atoms. The standard InChI is InChI=1S/C12H21N3O3S/c1-4-7-13-12-11(6-5-8-14-12)19(16,17)15(2)9-10-18-3/h5-6,8H,4,7,9-10H2,1-3H3,(H,13,14). The van der Waals surface area contributed by atoms with Crippen LogP contribution in [-0.4, -0.2) is 51.6 Å². The van der Waals surface area contributed by atoms with Gasteiger partial charge in [-0.15, -0.1) is 0 Å². The van der Waals surface area contributed by atoms with E-state index in [1.165, 1.54) is 11.4 Å². The highest BCUT2D eigenvalue weighted by molar-refractivity contribution is 7.89. The lowest BCUT2D eigenvalue weighted by Gasteiger charge is -2.18. The third-order valence-electron chi connectivity index (χ3n) is 2.61. The van der Waals surface area contributed by atoms with Crippen LogP contribution in [0.3, 0.4) is 0 Å². The van der Waals surface area contributed by atoms with Gasteiger partial charge < -0.3 is 10.1 Å². The van der Waals surface area contributed by atoms with Gasteiger partial charge in [0.1, 0.15) is 10.7 Å². The van der Waals surface area contributed by atoms with Crippen molar-refractivity contribution < 1.29 is 13.2 Å². The minimum absolute atomic E-state index is 0.196. The second-order valence-electron chi connectivity index (χ2n) is 4.10. The van der Waals surface area contributed by atoms with E-state index in [1.807, 2.05) is 6.92 Å². The van der Waals surface area contributed by atoms with Gasteiger partial charge in [-0.2, -0.15) is 4.31 Å². The molecule has 0 aliphatic heterocycles. The lowest BCUT2D eigenvalue weighted by molar-refractivity contribution is 0.185. The third kappa shape index (κ3) is 4.15. The first-order valence-corrected chi connectivity index (χ1v) is 7.62. The van der Waals surface area contributed by atoms with Crippen molar-refractivity contribution in [1.82, 2.24) is 9.29 Å². The van der Waals surface area contributed by atoms with Gasteiger partial charge in [0.15, 0.2) is 0 Å². The van der Waals surface area contributed by atoms with Crippen molar-refractivity contribution in [3.63, 3.8) is 0 Å². The molecule has 1 aromatic rings. The fourth-order valence-electron chi connectivity index (χ4n) is 1.48. The van der Waals surface area contributed by atoms with Gasteiger partial charge in [-0.25, -0.2) is 13.4 Å². The summed E-state index contributed by atoms with van der Waals surface area (Å²) in [5, 5.41) is 3.03. The molecule has 108 valence electrons. The Morgan fingerprint density at radius 3 is 2.84 bits per heavy atom. The molecule has 0 atom stereocenters. The molecule has 6 nitrogen and oxygen atoms in total. The lowest BCUT2D eigenvalue weighted by Crippen LogP contribution is -2.30. The van der Waals surface area contributed by atoms with Crippen LogP contribution in [0.2, 0.25) is 0 Å². The maximum atomic E-state index is 12.4. The predicted molar refractivity (Wildman–Crippen MR) is 74.7 cm³/mol. The number of nitrogens with one attached hydrogen (secondary N) is 1. The normalized spacial score (nSPS) is 11.8. The highest BCUT2D eigenvalue weighted by Gasteiger charge is 2.24. The smallest absolute Gasteiger partial charge is 0.246 e. The average molecular weight is 287 g/mol. The lowest BCUT2D eigenvalue weighted by atomic mass is 10.4. The quantitative estimate of drug-likeness (QED) is 0.777. The Labute approximate surface area is 114 Å². The van der Waals surface area contributed by atoms with Gasteiger partial charge in [-0.05, 0) is 18.6 Å². The van der Waals surface area contributed by atoms with Crippen LogP contribution in [0.5, 0.6) is 0 Å². The summed E-state index contributed by atoms with van der Waals surface area (Å²) in [7, 11) is -0.471. The highest BCUT2D eigenvalue weighted by atomic mass is 32.2. The van der Waals surface area contributed by atoms with E-state index >= 15 is 0 Å². The Morgan fingerprint density at radius 1 is 1.47 bits per heavy atom. The number of sulfonamides is 1. The van der Waals surface area contributed by atoms with E-state index < -0.39 is 10.0 Å². The first kappa shape index (κ1) is 15.9. The minimum Gasteiger partial charge on any atom is -0.383 e. The molecule has 0 unspecified atom stereocenters. The van der Waals surface area contributed by atoms with Crippen LogP contribution in [0.25, 0.3) is 0 Å². The fourth-order valence-corrected chi connectivity index (χ4v) is 2.75.